The number of hydrogen-bond donors (Lipinski definition) is 2. The molecule has 0 spiro atoms. The quantitative estimate of drug-likeness (QED) is 0.299. The first-order chi connectivity index (χ1) is 10.7. The van der Waals surface area contributed by atoms with Gasteiger partial charge in [-0.3, -0.25) is 4.99 Å². The van der Waals surface area contributed by atoms with Gasteiger partial charge >= 0.3 is 0 Å². The summed E-state index contributed by atoms with van der Waals surface area (Å²) in [5.41, 5.74) is 0. The standard InChI is InChI=1S/C15H24ClN5O.HI/c1-3-17-15(19-8-10-22-2)20-12-6-9-21(11-12)14-13(16)5-4-7-18-14;/h4-5,7,12H,3,6,8-11H2,1-2H3,(H2,17,19,20);1H. The van der Waals surface area contributed by atoms with Gasteiger partial charge in [0.15, 0.2) is 5.96 Å². The number of methoxy groups -OCH3 is 1. The fourth-order valence-corrected chi connectivity index (χ4v) is 2.68. The lowest BCUT2D eigenvalue weighted by Crippen LogP contribution is -2.44. The molecule has 0 aliphatic carbocycles. The lowest BCUT2D eigenvalue weighted by molar-refractivity contribution is 0.208. The van der Waals surface area contributed by atoms with Crippen LogP contribution in [0.2, 0.25) is 5.02 Å². The number of hydrogen-bond acceptors (Lipinski definition) is 4. The molecule has 1 aromatic heterocycles. The van der Waals surface area contributed by atoms with E-state index in [0.29, 0.717) is 24.2 Å². The van der Waals surface area contributed by atoms with Gasteiger partial charge in [-0.2, -0.15) is 0 Å². The van der Waals surface area contributed by atoms with Crippen molar-refractivity contribution in [1.29, 1.82) is 0 Å². The molecule has 2 N–H and O–H groups in total. The molecule has 1 atom stereocenters. The number of ether oxygens (including phenoxy) is 1. The van der Waals surface area contributed by atoms with E-state index in [1.54, 1.807) is 13.3 Å². The summed E-state index contributed by atoms with van der Waals surface area (Å²) in [4.78, 5) is 11.1. The van der Waals surface area contributed by atoms with Crippen LogP contribution in [-0.2, 0) is 4.74 Å². The molecule has 8 heteroatoms. The highest BCUT2D eigenvalue weighted by atomic mass is 127. The van der Waals surface area contributed by atoms with E-state index in [9.17, 15) is 0 Å². The van der Waals surface area contributed by atoms with Gasteiger partial charge in [0.2, 0.25) is 0 Å². The summed E-state index contributed by atoms with van der Waals surface area (Å²) in [7, 11) is 1.68. The topological polar surface area (TPSA) is 61.8 Å². The second-order valence-corrected chi connectivity index (χ2v) is 5.55. The SMILES string of the molecule is CCNC(=NCCOC)NC1CCN(c2ncccc2Cl)C1.I. The van der Waals surface area contributed by atoms with Gasteiger partial charge in [-0.05, 0) is 25.5 Å². The maximum Gasteiger partial charge on any atom is 0.191 e. The highest BCUT2D eigenvalue weighted by Crippen LogP contribution is 2.25. The fourth-order valence-electron chi connectivity index (χ4n) is 2.44. The summed E-state index contributed by atoms with van der Waals surface area (Å²) in [6.45, 7) is 5.96. The number of guanidine groups is 1. The molecule has 1 aliphatic heterocycles. The summed E-state index contributed by atoms with van der Waals surface area (Å²) in [6.07, 6.45) is 2.81. The first kappa shape index (κ1) is 20.2. The maximum absolute atomic E-state index is 6.22. The lowest BCUT2D eigenvalue weighted by Gasteiger charge is -2.20. The number of anilines is 1. The Kier molecular flexibility index (Phi) is 9.57. The Morgan fingerprint density at radius 3 is 3.09 bits per heavy atom. The first-order valence-corrected chi connectivity index (χ1v) is 8.01. The molecule has 2 rings (SSSR count). The van der Waals surface area contributed by atoms with Gasteiger partial charge in [-0.25, -0.2) is 4.98 Å². The molecule has 23 heavy (non-hydrogen) atoms. The highest BCUT2D eigenvalue weighted by Gasteiger charge is 2.25. The van der Waals surface area contributed by atoms with E-state index in [4.69, 9.17) is 16.3 Å². The zero-order valence-corrected chi connectivity index (χ0v) is 16.7. The van der Waals surface area contributed by atoms with E-state index in [0.717, 1.165) is 37.8 Å². The van der Waals surface area contributed by atoms with Gasteiger partial charge in [0.1, 0.15) is 5.82 Å². The number of nitrogens with zero attached hydrogens (tertiary/aromatic N) is 3. The monoisotopic (exact) mass is 453 g/mol. The Morgan fingerprint density at radius 1 is 1.57 bits per heavy atom. The van der Waals surface area contributed by atoms with Crippen molar-refractivity contribution in [1.82, 2.24) is 15.6 Å². The minimum atomic E-state index is 0. The number of rotatable bonds is 6. The number of nitrogens with one attached hydrogen (secondary N) is 2. The molecule has 130 valence electrons. The second-order valence-electron chi connectivity index (χ2n) is 5.14. The van der Waals surface area contributed by atoms with Crippen molar-refractivity contribution in [2.75, 3.05) is 44.8 Å². The third kappa shape index (κ3) is 6.31. The van der Waals surface area contributed by atoms with E-state index in [1.807, 2.05) is 12.1 Å². The number of pyridine rings is 1. The summed E-state index contributed by atoms with van der Waals surface area (Å²) in [5.74, 6) is 1.69. The molecule has 0 bridgehead atoms. The Labute approximate surface area is 160 Å². The van der Waals surface area contributed by atoms with Crippen LogP contribution >= 0.6 is 35.6 Å². The van der Waals surface area contributed by atoms with E-state index in [2.05, 4.69) is 32.4 Å². The molecule has 0 radical (unpaired) electrons. The van der Waals surface area contributed by atoms with E-state index in [-0.39, 0.29) is 24.0 Å². The second kappa shape index (κ2) is 10.9. The van der Waals surface area contributed by atoms with Gasteiger partial charge in [0.25, 0.3) is 0 Å². The van der Waals surface area contributed by atoms with Crippen LogP contribution in [0.1, 0.15) is 13.3 Å². The number of aliphatic imine (C=N–C) groups is 1. The normalized spacial score (nSPS) is 17.8. The van der Waals surface area contributed by atoms with Crippen molar-refractivity contribution in [2.24, 2.45) is 4.99 Å². The van der Waals surface area contributed by atoms with E-state index < -0.39 is 0 Å². The minimum Gasteiger partial charge on any atom is -0.383 e. The van der Waals surface area contributed by atoms with Crippen molar-refractivity contribution in [2.45, 2.75) is 19.4 Å². The smallest absolute Gasteiger partial charge is 0.191 e. The molecule has 6 nitrogen and oxygen atoms in total. The van der Waals surface area contributed by atoms with Gasteiger partial charge in [0, 0.05) is 39.0 Å². The predicted octanol–water partition coefficient (Wildman–Crippen LogP) is 2.13. The molecule has 1 unspecified atom stereocenters. The van der Waals surface area contributed by atoms with Crippen LogP contribution in [-0.4, -0.2) is 56.9 Å². The zero-order chi connectivity index (χ0) is 15.8. The van der Waals surface area contributed by atoms with Crippen LogP contribution in [0.15, 0.2) is 23.3 Å². The van der Waals surface area contributed by atoms with Crippen LogP contribution in [0.3, 0.4) is 0 Å². The van der Waals surface area contributed by atoms with Crippen LogP contribution < -0.4 is 15.5 Å². The minimum absolute atomic E-state index is 0. The number of halogens is 2. The van der Waals surface area contributed by atoms with Crippen LogP contribution in [0.25, 0.3) is 0 Å². The van der Waals surface area contributed by atoms with Gasteiger partial charge in [-0.1, -0.05) is 11.6 Å². The molecule has 1 fully saturated rings. The van der Waals surface area contributed by atoms with Gasteiger partial charge in [0.05, 0.1) is 18.2 Å². The summed E-state index contributed by atoms with van der Waals surface area (Å²) in [6, 6.07) is 4.06. The molecular weight excluding hydrogens is 429 g/mol. The summed E-state index contributed by atoms with van der Waals surface area (Å²) >= 11 is 6.22. The van der Waals surface area contributed by atoms with Crippen molar-refractivity contribution in [3.63, 3.8) is 0 Å². The Morgan fingerprint density at radius 2 is 2.39 bits per heavy atom. The highest BCUT2D eigenvalue weighted by molar-refractivity contribution is 14.0. The Balaban J connectivity index is 0.00000264. The Hall–Kier alpha value is -0.800. The molecule has 2 heterocycles. The van der Waals surface area contributed by atoms with E-state index in [1.165, 1.54) is 0 Å². The summed E-state index contributed by atoms with van der Waals surface area (Å²) in [5, 5.41) is 7.42. The summed E-state index contributed by atoms with van der Waals surface area (Å²) < 4.78 is 5.03. The fraction of sp³-hybridized carbons (Fsp3) is 0.600. The van der Waals surface area contributed by atoms with Crippen molar-refractivity contribution >= 4 is 47.4 Å². The van der Waals surface area contributed by atoms with Crippen molar-refractivity contribution in [3.8, 4) is 0 Å². The first-order valence-electron chi connectivity index (χ1n) is 7.63. The van der Waals surface area contributed by atoms with E-state index >= 15 is 0 Å². The van der Waals surface area contributed by atoms with Crippen LogP contribution in [0, 0.1) is 0 Å². The molecule has 0 aromatic carbocycles. The average Bonchev–Trinajstić information content (AvgIpc) is 2.96. The molecular formula is C15H25ClIN5O. The maximum atomic E-state index is 6.22. The molecule has 1 aliphatic rings. The molecule has 0 amide bonds. The third-order valence-electron chi connectivity index (χ3n) is 3.48. The third-order valence-corrected chi connectivity index (χ3v) is 3.77. The number of aromatic nitrogens is 1. The average molecular weight is 454 g/mol. The largest absolute Gasteiger partial charge is 0.383 e. The zero-order valence-electron chi connectivity index (χ0n) is 13.6. The van der Waals surface area contributed by atoms with Crippen LogP contribution in [0.4, 0.5) is 5.82 Å². The van der Waals surface area contributed by atoms with Gasteiger partial charge < -0.3 is 20.3 Å². The molecule has 1 aromatic rings. The molecule has 0 saturated carbocycles. The Bertz CT molecular complexity index is 503. The molecule has 1 saturated heterocycles. The van der Waals surface area contributed by atoms with Crippen LogP contribution in [0.5, 0.6) is 0 Å². The van der Waals surface area contributed by atoms with Crippen molar-refractivity contribution < 1.29 is 4.74 Å². The predicted molar refractivity (Wildman–Crippen MR) is 106 cm³/mol. The van der Waals surface area contributed by atoms with Crippen molar-refractivity contribution in [3.05, 3.63) is 23.4 Å². The van der Waals surface area contributed by atoms with Gasteiger partial charge in [-0.15, -0.1) is 24.0 Å². The lowest BCUT2D eigenvalue weighted by atomic mass is 10.3.